The van der Waals surface area contributed by atoms with Gasteiger partial charge in [-0.15, -0.1) is 0 Å². The fraction of sp³-hybridized carbons (Fsp3) is 0.478. The number of nitrogens with one attached hydrogen (secondary N) is 1. The van der Waals surface area contributed by atoms with Crippen LogP contribution in [0.3, 0.4) is 0 Å². The van der Waals surface area contributed by atoms with Gasteiger partial charge in [-0.3, -0.25) is 9.69 Å². The third-order valence-electron chi connectivity index (χ3n) is 5.41. The molecule has 0 amide bonds. The highest BCUT2D eigenvalue weighted by Gasteiger charge is 2.27. The number of H-pyrrole nitrogens is 1. The van der Waals surface area contributed by atoms with Gasteiger partial charge in [0, 0.05) is 12.2 Å². The van der Waals surface area contributed by atoms with Crippen LogP contribution in [0.2, 0.25) is 0 Å². The number of nitrogens with zero attached hydrogens (tertiary/aromatic N) is 1. The molecular formula is C23H32N2O5. The number of esters is 1. The number of ether oxygens (including phenoxy) is 3. The van der Waals surface area contributed by atoms with Crippen molar-refractivity contribution in [3.8, 4) is 11.5 Å². The SMILES string of the molecule is CCOC(=O)c1c(C)[nH]c(C(=O)[C@@H](C)N(C)CCc2ccc(OC)c(OC)c2)c1C. The number of aromatic amines is 1. The number of likely N-dealkylation sites (N-methyl/N-ethyl adjacent to an activating group) is 1. The molecule has 7 heteroatoms. The van der Waals surface area contributed by atoms with Gasteiger partial charge in [0.25, 0.3) is 0 Å². The first kappa shape index (κ1) is 23.5. The van der Waals surface area contributed by atoms with E-state index in [1.165, 1.54) is 0 Å². The van der Waals surface area contributed by atoms with Gasteiger partial charge in [-0.05, 0) is 64.4 Å². The molecule has 1 N–H and O–H groups in total. The Balaban J connectivity index is 2.09. The Kier molecular flexibility index (Phi) is 8.06. The highest BCUT2D eigenvalue weighted by atomic mass is 16.5. The van der Waals surface area contributed by atoms with Crippen LogP contribution in [-0.2, 0) is 11.2 Å². The number of hydrogen-bond acceptors (Lipinski definition) is 6. The third kappa shape index (κ3) is 5.02. The highest BCUT2D eigenvalue weighted by molar-refractivity contribution is 6.03. The number of carbonyl (C=O) groups is 2. The number of ketones is 1. The normalized spacial score (nSPS) is 12.0. The molecule has 1 atom stereocenters. The first-order valence-corrected chi connectivity index (χ1v) is 10.1. The molecule has 0 aliphatic rings. The molecule has 0 aliphatic heterocycles. The molecule has 30 heavy (non-hydrogen) atoms. The minimum absolute atomic E-state index is 0.0547. The zero-order valence-electron chi connectivity index (χ0n) is 18.9. The number of methoxy groups -OCH3 is 2. The van der Waals surface area contributed by atoms with Crippen LogP contribution in [0.25, 0.3) is 0 Å². The van der Waals surface area contributed by atoms with E-state index in [1.54, 1.807) is 35.0 Å². The van der Waals surface area contributed by atoms with Crippen molar-refractivity contribution in [2.45, 2.75) is 40.2 Å². The van der Waals surface area contributed by atoms with Crippen molar-refractivity contribution in [3.63, 3.8) is 0 Å². The van der Waals surface area contributed by atoms with Crippen molar-refractivity contribution in [3.05, 3.63) is 46.3 Å². The van der Waals surface area contributed by atoms with Crippen molar-refractivity contribution < 1.29 is 23.8 Å². The minimum Gasteiger partial charge on any atom is -0.493 e. The molecule has 2 rings (SSSR count). The fourth-order valence-electron chi connectivity index (χ4n) is 3.45. The molecule has 0 unspecified atom stereocenters. The maximum atomic E-state index is 13.1. The van der Waals surface area contributed by atoms with Crippen LogP contribution in [0, 0.1) is 13.8 Å². The maximum absolute atomic E-state index is 13.1. The summed E-state index contributed by atoms with van der Waals surface area (Å²) in [6.07, 6.45) is 0.755. The summed E-state index contributed by atoms with van der Waals surface area (Å²) in [4.78, 5) is 30.4. The second-order valence-electron chi connectivity index (χ2n) is 7.31. The first-order chi connectivity index (χ1) is 14.2. The Labute approximate surface area is 178 Å². The van der Waals surface area contributed by atoms with Gasteiger partial charge in [-0.25, -0.2) is 4.79 Å². The molecule has 7 nitrogen and oxygen atoms in total. The van der Waals surface area contributed by atoms with E-state index in [-0.39, 0.29) is 11.8 Å². The summed E-state index contributed by atoms with van der Waals surface area (Å²) in [5.41, 5.74) is 3.28. The number of Topliss-reactive ketones (excluding diaryl/α,β-unsaturated/α-hetero) is 1. The van der Waals surface area contributed by atoms with Crippen molar-refractivity contribution in [1.29, 1.82) is 0 Å². The Bertz CT molecular complexity index is 903. The van der Waals surface area contributed by atoms with Crippen LogP contribution < -0.4 is 9.47 Å². The van der Waals surface area contributed by atoms with E-state index in [1.807, 2.05) is 37.1 Å². The molecule has 0 spiro atoms. The first-order valence-electron chi connectivity index (χ1n) is 10.1. The quantitative estimate of drug-likeness (QED) is 0.471. The number of aryl methyl sites for hydroxylation is 1. The van der Waals surface area contributed by atoms with Gasteiger partial charge in [0.15, 0.2) is 17.3 Å². The molecule has 0 fully saturated rings. The van der Waals surface area contributed by atoms with E-state index in [9.17, 15) is 9.59 Å². The standard InChI is InChI=1S/C23H32N2O5/c1-8-30-23(27)20-14(2)21(24-15(20)3)22(26)16(4)25(5)12-11-17-9-10-18(28-6)19(13-17)29-7/h9-10,13,16,24H,8,11-12H2,1-7H3/t16-/m1/s1. The molecular weight excluding hydrogens is 384 g/mol. The van der Waals surface area contributed by atoms with Gasteiger partial charge in [-0.1, -0.05) is 6.07 Å². The predicted octanol–water partition coefficient (Wildman–Crippen LogP) is 3.57. The smallest absolute Gasteiger partial charge is 0.340 e. The summed E-state index contributed by atoms with van der Waals surface area (Å²) >= 11 is 0. The number of rotatable bonds is 10. The van der Waals surface area contributed by atoms with E-state index in [0.717, 1.165) is 12.0 Å². The summed E-state index contributed by atoms with van der Waals surface area (Å²) in [5.74, 6) is 0.914. The Hall–Kier alpha value is -2.80. The molecule has 164 valence electrons. The second kappa shape index (κ2) is 10.3. The fourth-order valence-corrected chi connectivity index (χ4v) is 3.45. The molecule has 0 saturated heterocycles. The highest BCUT2D eigenvalue weighted by Crippen LogP contribution is 2.28. The van der Waals surface area contributed by atoms with Gasteiger partial charge < -0.3 is 19.2 Å². The summed E-state index contributed by atoms with van der Waals surface area (Å²) < 4.78 is 15.7. The van der Waals surface area contributed by atoms with Gasteiger partial charge in [0.1, 0.15) is 0 Å². The summed E-state index contributed by atoms with van der Waals surface area (Å²) in [6, 6.07) is 5.47. The van der Waals surface area contributed by atoms with E-state index >= 15 is 0 Å². The monoisotopic (exact) mass is 416 g/mol. The van der Waals surface area contributed by atoms with Crippen LogP contribution in [0.15, 0.2) is 18.2 Å². The van der Waals surface area contributed by atoms with Crippen LogP contribution in [0.5, 0.6) is 11.5 Å². The lowest BCUT2D eigenvalue weighted by molar-refractivity contribution is 0.0525. The number of benzene rings is 1. The van der Waals surface area contributed by atoms with Crippen LogP contribution in [0.4, 0.5) is 0 Å². The molecule has 1 heterocycles. The van der Waals surface area contributed by atoms with Crippen molar-refractivity contribution in [1.82, 2.24) is 9.88 Å². The number of carbonyl (C=O) groups excluding carboxylic acids is 2. The topological polar surface area (TPSA) is 80.9 Å². The molecule has 0 radical (unpaired) electrons. The van der Waals surface area contributed by atoms with E-state index in [0.29, 0.717) is 47.2 Å². The zero-order chi connectivity index (χ0) is 22.4. The van der Waals surface area contributed by atoms with Crippen LogP contribution in [0.1, 0.15) is 51.5 Å². The maximum Gasteiger partial charge on any atom is 0.340 e. The Morgan fingerprint density at radius 3 is 2.40 bits per heavy atom. The lowest BCUT2D eigenvalue weighted by atomic mass is 10.0. The van der Waals surface area contributed by atoms with Crippen molar-refractivity contribution >= 4 is 11.8 Å². The van der Waals surface area contributed by atoms with Crippen molar-refractivity contribution in [2.24, 2.45) is 0 Å². The second-order valence-corrected chi connectivity index (χ2v) is 7.31. The summed E-state index contributed by atoms with van der Waals surface area (Å²) in [5, 5.41) is 0. The summed E-state index contributed by atoms with van der Waals surface area (Å²) in [6.45, 7) is 8.17. The lowest BCUT2D eigenvalue weighted by Gasteiger charge is -2.23. The molecule has 0 aliphatic carbocycles. The third-order valence-corrected chi connectivity index (χ3v) is 5.41. The van der Waals surface area contributed by atoms with E-state index in [2.05, 4.69) is 4.98 Å². The van der Waals surface area contributed by atoms with E-state index < -0.39 is 5.97 Å². The molecule has 1 aromatic carbocycles. The average Bonchev–Trinajstić information content (AvgIpc) is 3.04. The van der Waals surface area contributed by atoms with E-state index in [4.69, 9.17) is 14.2 Å². The largest absolute Gasteiger partial charge is 0.493 e. The summed E-state index contributed by atoms with van der Waals surface area (Å²) in [7, 11) is 5.14. The van der Waals surface area contributed by atoms with Gasteiger partial charge in [0.2, 0.25) is 0 Å². The van der Waals surface area contributed by atoms with Crippen molar-refractivity contribution in [2.75, 3.05) is 34.4 Å². The Morgan fingerprint density at radius 2 is 1.80 bits per heavy atom. The lowest BCUT2D eigenvalue weighted by Crippen LogP contribution is -2.37. The molecule has 1 aromatic heterocycles. The van der Waals surface area contributed by atoms with Gasteiger partial charge in [0.05, 0.1) is 38.1 Å². The molecule has 2 aromatic rings. The van der Waals surface area contributed by atoms with Gasteiger partial charge >= 0.3 is 5.97 Å². The molecule has 0 bridgehead atoms. The van der Waals surface area contributed by atoms with Crippen LogP contribution >= 0.6 is 0 Å². The Morgan fingerprint density at radius 1 is 1.13 bits per heavy atom. The number of hydrogen-bond donors (Lipinski definition) is 1. The zero-order valence-corrected chi connectivity index (χ0v) is 18.9. The van der Waals surface area contributed by atoms with Gasteiger partial charge in [-0.2, -0.15) is 0 Å². The minimum atomic E-state index is -0.405. The predicted molar refractivity (Wildman–Crippen MR) is 116 cm³/mol. The number of aromatic nitrogens is 1. The average molecular weight is 417 g/mol. The molecule has 0 saturated carbocycles. The van der Waals surface area contributed by atoms with Crippen LogP contribution in [-0.4, -0.2) is 62.1 Å².